The number of nitrogens with zero attached hydrogens (tertiary/aromatic N) is 9. The maximum atomic E-state index is 16.8. The number of fused-ring (bicyclic) bond motifs is 2. The number of hydrogen-bond acceptors (Lipinski definition) is 12. The molecule has 1 unspecified atom stereocenters. The first-order valence-electron chi connectivity index (χ1n) is 17.8. The summed E-state index contributed by atoms with van der Waals surface area (Å²) in [6, 6.07) is 3.48. The molecule has 51 heavy (non-hydrogen) atoms. The number of alkyl halides is 1. The molecule has 7 heterocycles. The Hall–Kier alpha value is -4.79. The van der Waals surface area contributed by atoms with Gasteiger partial charge < -0.3 is 24.8 Å². The normalized spacial score (nSPS) is 23.6. The minimum atomic E-state index is -0.918. The zero-order valence-electron chi connectivity index (χ0n) is 29.1. The third-order valence-electron chi connectivity index (χ3n) is 10.8. The molecule has 13 nitrogen and oxygen atoms in total. The SMILES string of the molecule is CC(C)c1noc(/C=C/C(=O)N2CC[C@@H](N(C)c3nc(OC[C@@]45CCCN4CC(F)C5)nc4c(F)c(-c5nc(N)ccc5C5CC5)ncc34)C2)n1. The lowest BCUT2D eigenvalue weighted by molar-refractivity contribution is -0.124. The molecular weight excluding hydrogens is 658 g/mol. The van der Waals surface area contributed by atoms with E-state index >= 15 is 4.39 Å². The van der Waals surface area contributed by atoms with E-state index in [1.54, 1.807) is 17.2 Å². The number of aromatic nitrogens is 6. The monoisotopic (exact) mass is 700 g/mol. The number of nitrogen functional groups attached to an aromatic ring is 1. The summed E-state index contributed by atoms with van der Waals surface area (Å²) in [4.78, 5) is 41.8. The summed E-state index contributed by atoms with van der Waals surface area (Å²) >= 11 is 0. The van der Waals surface area contributed by atoms with Crippen LogP contribution >= 0.6 is 0 Å². The standard InChI is InChI=1S/C36H42F2N10O3/c1-20(2)33-42-27(51-45-33)9-10-28(49)47-14-11-23(18-47)46(3)34-25-16-40-32(31-24(21-5-6-21)7-8-26(39)41-31)29(38)30(25)43-35(44-34)50-19-36-12-4-13-48(36)17-22(37)15-36/h7-10,16,20-23H,4-6,11-15,17-19H2,1-3H3,(H2,39,41)/b10-9+/t22?,23-,36+/m1/s1. The van der Waals surface area contributed by atoms with Crippen LogP contribution in [-0.2, 0) is 4.79 Å². The molecule has 3 saturated heterocycles. The van der Waals surface area contributed by atoms with Crippen molar-refractivity contribution < 1.29 is 22.8 Å². The molecule has 4 fully saturated rings. The van der Waals surface area contributed by atoms with Crippen molar-refractivity contribution in [3.8, 4) is 17.4 Å². The lowest BCUT2D eigenvalue weighted by atomic mass is 9.95. The van der Waals surface area contributed by atoms with Crippen molar-refractivity contribution in [2.24, 2.45) is 0 Å². The Kier molecular flexibility index (Phi) is 8.55. The highest BCUT2D eigenvalue weighted by molar-refractivity contribution is 5.93. The number of carbonyl (C=O) groups excluding carboxylic acids is 1. The van der Waals surface area contributed by atoms with Crippen molar-refractivity contribution in [2.75, 3.05) is 50.5 Å². The molecule has 15 heteroatoms. The van der Waals surface area contributed by atoms with E-state index < -0.39 is 17.5 Å². The van der Waals surface area contributed by atoms with Crippen molar-refractivity contribution in [1.29, 1.82) is 0 Å². The van der Waals surface area contributed by atoms with Gasteiger partial charge in [0.25, 0.3) is 5.89 Å². The van der Waals surface area contributed by atoms with Crippen LogP contribution in [0.25, 0.3) is 28.4 Å². The predicted molar refractivity (Wildman–Crippen MR) is 186 cm³/mol. The molecule has 0 bridgehead atoms. The quantitative estimate of drug-likeness (QED) is 0.224. The average molecular weight is 701 g/mol. The average Bonchev–Trinajstić information content (AvgIpc) is 3.42. The predicted octanol–water partition coefficient (Wildman–Crippen LogP) is 4.90. The Morgan fingerprint density at radius 3 is 2.78 bits per heavy atom. The number of amides is 1. The Labute approximate surface area is 294 Å². The van der Waals surface area contributed by atoms with Gasteiger partial charge in [0.15, 0.2) is 11.6 Å². The minimum Gasteiger partial charge on any atom is -0.461 e. The first-order chi connectivity index (χ1) is 24.6. The Bertz CT molecular complexity index is 2000. The summed E-state index contributed by atoms with van der Waals surface area (Å²) in [6.07, 6.45) is 8.41. The van der Waals surface area contributed by atoms with Gasteiger partial charge in [-0.2, -0.15) is 15.0 Å². The number of rotatable bonds is 10. The zero-order valence-corrected chi connectivity index (χ0v) is 29.1. The fraction of sp³-hybridized carbons (Fsp3) is 0.528. The summed E-state index contributed by atoms with van der Waals surface area (Å²) in [5.41, 5.74) is 7.05. The number of halogens is 2. The molecule has 268 valence electrons. The van der Waals surface area contributed by atoms with Crippen molar-refractivity contribution in [1.82, 2.24) is 39.9 Å². The van der Waals surface area contributed by atoms with Crippen LogP contribution in [-0.4, -0.2) is 103 Å². The van der Waals surface area contributed by atoms with Gasteiger partial charge in [0, 0.05) is 63.4 Å². The van der Waals surface area contributed by atoms with E-state index in [9.17, 15) is 9.18 Å². The van der Waals surface area contributed by atoms with E-state index in [1.165, 1.54) is 12.2 Å². The molecule has 0 radical (unpaired) electrons. The third-order valence-corrected chi connectivity index (χ3v) is 10.8. The second-order valence-electron chi connectivity index (χ2n) is 14.6. The molecule has 3 aliphatic heterocycles. The van der Waals surface area contributed by atoms with E-state index in [4.69, 9.17) is 20.0 Å². The van der Waals surface area contributed by atoms with Crippen molar-refractivity contribution in [2.45, 2.75) is 82.0 Å². The van der Waals surface area contributed by atoms with Crippen LogP contribution in [0.3, 0.4) is 0 Å². The van der Waals surface area contributed by atoms with Crippen molar-refractivity contribution >= 4 is 34.5 Å². The molecule has 0 aromatic carbocycles. The van der Waals surface area contributed by atoms with Crippen LogP contribution in [0.2, 0.25) is 0 Å². The molecule has 1 amide bonds. The largest absolute Gasteiger partial charge is 0.461 e. The van der Waals surface area contributed by atoms with Gasteiger partial charge in [-0.15, -0.1) is 0 Å². The number of likely N-dealkylation sites (tertiary alicyclic amines) is 1. The van der Waals surface area contributed by atoms with Crippen LogP contribution < -0.4 is 15.4 Å². The summed E-state index contributed by atoms with van der Waals surface area (Å²) < 4.78 is 42.8. The number of hydrogen-bond donors (Lipinski definition) is 1. The van der Waals surface area contributed by atoms with Crippen LogP contribution in [0.4, 0.5) is 20.4 Å². The van der Waals surface area contributed by atoms with E-state index in [2.05, 4.69) is 30.0 Å². The van der Waals surface area contributed by atoms with E-state index in [0.717, 1.165) is 37.8 Å². The molecule has 4 aromatic heterocycles. The molecule has 1 aliphatic carbocycles. The van der Waals surface area contributed by atoms with Gasteiger partial charge in [-0.05, 0) is 56.2 Å². The number of pyridine rings is 2. The van der Waals surface area contributed by atoms with Crippen molar-refractivity contribution in [3.63, 3.8) is 0 Å². The highest BCUT2D eigenvalue weighted by Gasteiger charge is 2.49. The van der Waals surface area contributed by atoms with Gasteiger partial charge >= 0.3 is 6.01 Å². The molecular formula is C36H42F2N10O3. The number of nitrogens with two attached hydrogens (primary N) is 1. The number of anilines is 2. The molecule has 4 aromatic rings. The first kappa shape index (κ1) is 33.4. The fourth-order valence-electron chi connectivity index (χ4n) is 7.79. The van der Waals surface area contributed by atoms with Gasteiger partial charge in [0.2, 0.25) is 5.91 Å². The van der Waals surface area contributed by atoms with Crippen molar-refractivity contribution in [3.05, 3.63) is 47.5 Å². The van der Waals surface area contributed by atoms with Gasteiger partial charge in [0.05, 0.1) is 16.6 Å². The smallest absolute Gasteiger partial charge is 0.319 e. The molecule has 4 aliphatic rings. The second kappa shape index (κ2) is 13.1. The maximum absolute atomic E-state index is 16.8. The molecule has 1 saturated carbocycles. The Balaban J connectivity index is 1.10. The zero-order chi connectivity index (χ0) is 35.4. The van der Waals surface area contributed by atoms with E-state index in [-0.39, 0.29) is 59.3 Å². The van der Waals surface area contributed by atoms with Crippen LogP contribution in [0, 0.1) is 5.82 Å². The summed E-state index contributed by atoms with van der Waals surface area (Å²) in [5, 5.41) is 4.34. The third kappa shape index (κ3) is 6.36. The molecule has 3 atom stereocenters. The van der Waals surface area contributed by atoms with Crippen LogP contribution in [0.1, 0.15) is 81.5 Å². The van der Waals surface area contributed by atoms with Gasteiger partial charge in [-0.25, -0.2) is 13.8 Å². The second-order valence-corrected chi connectivity index (χ2v) is 14.6. The number of ether oxygens (including phenoxy) is 1. The Morgan fingerprint density at radius 2 is 2.00 bits per heavy atom. The van der Waals surface area contributed by atoms with Crippen LogP contribution in [0.15, 0.2) is 28.9 Å². The summed E-state index contributed by atoms with van der Waals surface area (Å²) in [6.45, 7) is 6.24. The van der Waals surface area contributed by atoms with Gasteiger partial charge in [0.1, 0.15) is 35.6 Å². The van der Waals surface area contributed by atoms with E-state index in [1.807, 2.05) is 31.9 Å². The van der Waals surface area contributed by atoms with Gasteiger partial charge in [-0.1, -0.05) is 25.1 Å². The number of carbonyl (C=O) groups is 1. The highest BCUT2D eigenvalue weighted by atomic mass is 19.1. The Morgan fingerprint density at radius 1 is 1.16 bits per heavy atom. The maximum Gasteiger partial charge on any atom is 0.319 e. The van der Waals surface area contributed by atoms with Crippen LogP contribution in [0.5, 0.6) is 6.01 Å². The first-order valence-corrected chi connectivity index (χ1v) is 17.8. The topological polar surface area (TPSA) is 153 Å². The lowest BCUT2D eigenvalue weighted by Crippen LogP contribution is -2.43. The fourth-order valence-corrected chi connectivity index (χ4v) is 7.79. The molecule has 0 spiro atoms. The minimum absolute atomic E-state index is 0.000992. The highest BCUT2D eigenvalue weighted by Crippen LogP contribution is 2.45. The molecule has 8 rings (SSSR count). The lowest BCUT2D eigenvalue weighted by Gasteiger charge is -2.31. The van der Waals surface area contributed by atoms with Gasteiger partial charge in [-0.3, -0.25) is 14.7 Å². The number of likely N-dealkylation sites (N-methyl/N-ethyl adjacent to an activating group) is 1. The summed E-state index contributed by atoms with van der Waals surface area (Å²) in [7, 11) is 1.87. The molecule has 2 N–H and O–H groups in total. The summed E-state index contributed by atoms with van der Waals surface area (Å²) in [5.74, 6) is 1.10. The van der Waals surface area contributed by atoms with E-state index in [0.29, 0.717) is 55.2 Å².